The Balaban J connectivity index is 3.87. The molecule has 0 radical (unpaired) electrons. The zero-order valence-electron chi connectivity index (χ0n) is 7.39. The van der Waals surface area contributed by atoms with Crippen LogP contribution in [0.2, 0.25) is 0 Å². The van der Waals surface area contributed by atoms with Crippen molar-refractivity contribution in [1.82, 2.24) is 0 Å². The second kappa shape index (κ2) is 4.38. The summed E-state index contributed by atoms with van der Waals surface area (Å²) in [5.41, 5.74) is -0.991. The first-order valence-corrected chi connectivity index (χ1v) is 3.89. The molecule has 11 heavy (non-hydrogen) atoms. The van der Waals surface area contributed by atoms with Crippen molar-refractivity contribution in [3.05, 3.63) is 0 Å². The van der Waals surface area contributed by atoms with Gasteiger partial charge in [-0.1, -0.05) is 25.2 Å². The Labute approximate surface area is 68.2 Å². The first kappa shape index (κ1) is 10.5. The molecule has 0 unspecified atom stereocenters. The third-order valence-corrected chi connectivity index (χ3v) is 1.11. The lowest BCUT2D eigenvalue weighted by Crippen LogP contribution is -2.16. The van der Waals surface area contributed by atoms with Gasteiger partial charge >= 0.3 is 0 Å². The second-order valence-corrected chi connectivity index (χ2v) is 3.13. The van der Waals surface area contributed by atoms with Crippen LogP contribution >= 0.6 is 0 Å². The summed E-state index contributed by atoms with van der Waals surface area (Å²) in [7, 11) is 0. The Kier molecular flexibility index (Phi) is 4.17. The number of hydrogen-bond acceptors (Lipinski definition) is 2. The van der Waals surface area contributed by atoms with Crippen LogP contribution in [-0.4, -0.2) is 21.9 Å². The van der Waals surface area contributed by atoms with Crippen molar-refractivity contribution in [3.8, 4) is 11.8 Å². The summed E-state index contributed by atoms with van der Waals surface area (Å²) in [4.78, 5) is 0. The van der Waals surface area contributed by atoms with Crippen LogP contribution in [0.5, 0.6) is 0 Å². The molecular formula is C9H16O2. The van der Waals surface area contributed by atoms with Gasteiger partial charge in [0.1, 0.15) is 11.7 Å². The van der Waals surface area contributed by atoms with E-state index in [0.29, 0.717) is 6.42 Å². The van der Waals surface area contributed by atoms with Crippen molar-refractivity contribution in [2.75, 3.05) is 0 Å². The van der Waals surface area contributed by atoms with Crippen LogP contribution in [0.4, 0.5) is 0 Å². The molecule has 0 fully saturated rings. The molecule has 0 spiro atoms. The molecule has 64 valence electrons. The highest BCUT2D eigenvalue weighted by Gasteiger charge is 2.06. The Hall–Kier alpha value is -0.520. The fraction of sp³-hybridized carbons (Fsp3) is 0.778. The van der Waals surface area contributed by atoms with Gasteiger partial charge in [0.25, 0.3) is 0 Å². The Bertz CT molecular complexity index is 157. The van der Waals surface area contributed by atoms with Crippen molar-refractivity contribution in [1.29, 1.82) is 0 Å². The van der Waals surface area contributed by atoms with Crippen molar-refractivity contribution < 1.29 is 10.2 Å². The summed E-state index contributed by atoms with van der Waals surface area (Å²) in [6.07, 6.45) is 0.983. The zero-order valence-corrected chi connectivity index (χ0v) is 7.39. The van der Waals surface area contributed by atoms with Crippen molar-refractivity contribution in [2.24, 2.45) is 0 Å². The van der Waals surface area contributed by atoms with E-state index in [1.807, 2.05) is 6.92 Å². The van der Waals surface area contributed by atoms with E-state index in [1.165, 1.54) is 0 Å². The van der Waals surface area contributed by atoms with Crippen LogP contribution in [0.15, 0.2) is 0 Å². The van der Waals surface area contributed by atoms with Crippen LogP contribution in [-0.2, 0) is 0 Å². The van der Waals surface area contributed by atoms with E-state index in [1.54, 1.807) is 13.8 Å². The van der Waals surface area contributed by atoms with E-state index in [9.17, 15) is 0 Å². The molecule has 0 rings (SSSR count). The van der Waals surface area contributed by atoms with E-state index >= 15 is 0 Å². The molecule has 0 aromatic heterocycles. The van der Waals surface area contributed by atoms with Gasteiger partial charge in [-0.05, 0) is 20.3 Å². The average molecular weight is 156 g/mol. The highest BCUT2D eigenvalue weighted by molar-refractivity contribution is 5.13. The van der Waals surface area contributed by atoms with Crippen molar-refractivity contribution in [2.45, 2.75) is 45.3 Å². The van der Waals surface area contributed by atoms with Gasteiger partial charge in [-0.15, -0.1) is 0 Å². The largest absolute Gasteiger partial charge is 0.380 e. The molecule has 1 atom stereocenters. The minimum atomic E-state index is -0.991. The van der Waals surface area contributed by atoms with Crippen molar-refractivity contribution in [3.63, 3.8) is 0 Å². The van der Waals surface area contributed by atoms with Gasteiger partial charge in [-0.3, -0.25) is 0 Å². The lowest BCUT2D eigenvalue weighted by Gasteiger charge is -2.07. The lowest BCUT2D eigenvalue weighted by molar-refractivity contribution is 0.142. The standard InChI is InChI=1S/C9H16O2/c1-4-5-8(10)6-7-9(2,3)11/h8,10-11H,4-5H2,1-3H3/t8-/m0/s1. The van der Waals surface area contributed by atoms with E-state index < -0.39 is 11.7 Å². The fourth-order valence-electron chi connectivity index (χ4n) is 0.606. The summed E-state index contributed by atoms with van der Waals surface area (Å²) < 4.78 is 0. The monoisotopic (exact) mass is 156 g/mol. The summed E-state index contributed by atoms with van der Waals surface area (Å²) in [5, 5.41) is 18.3. The van der Waals surface area contributed by atoms with Gasteiger partial charge < -0.3 is 10.2 Å². The average Bonchev–Trinajstić information content (AvgIpc) is 1.83. The molecule has 0 aliphatic carbocycles. The molecule has 0 aliphatic heterocycles. The molecule has 2 N–H and O–H groups in total. The van der Waals surface area contributed by atoms with Gasteiger partial charge in [-0.25, -0.2) is 0 Å². The molecule has 2 nitrogen and oxygen atoms in total. The predicted octanol–water partition coefficient (Wildman–Crippen LogP) is 0.922. The number of rotatable bonds is 2. The van der Waals surface area contributed by atoms with Crippen molar-refractivity contribution >= 4 is 0 Å². The highest BCUT2D eigenvalue weighted by Crippen LogP contribution is 1.99. The Morgan fingerprint density at radius 1 is 1.45 bits per heavy atom. The van der Waals surface area contributed by atoms with E-state index in [4.69, 9.17) is 10.2 Å². The Morgan fingerprint density at radius 3 is 2.36 bits per heavy atom. The fourth-order valence-corrected chi connectivity index (χ4v) is 0.606. The minimum Gasteiger partial charge on any atom is -0.380 e. The summed E-state index contributed by atoms with van der Waals surface area (Å²) in [6.45, 7) is 5.17. The van der Waals surface area contributed by atoms with Crippen LogP contribution < -0.4 is 0 Å². The normalized spacial score (nSPS) is 13.5. The van der Waals surface area contributed by atoms with Gasteiger partial charge in [0, 0.05) is 0 Å². The molecular weight excluding hydrogens is 140 g/mol. The molecule has 0 aliphatic rings. The molecule has 0 bridgehead atoms. The molecule has 0 aromatic carbocycles. The maximum Gasteiger partial charge on any atom is 0.120 e. The third-order valence-electron chi connectivity index (χ3n) is 1.11. The summed E-state index contributed by atoms with van der Waals surface area (Å²) in [6, 6.07) is 0. The number of aliphatic hydroxyl groups excluding tert-OH is 1. The topological polar surface area (TPSA) is 40.5 Å². The molecule has 0 heterocycles. The SMILES string of the molecule is CCC[C@H](O)C#CC(C)(C)O. The van der Waals surface area contributed by atoms with Crippen LogP contribution in [0, 0.1) is 11.8 Å². The molecule has 2 heteroatoms. The maximum absolute atomic E-state index is 9.15. The smallest absolute Gasteiger partial charge is 0.120 e. The number of hydrogen-bond donors (Lipinski definition) is 2. The summed E-state index contributed by atoms with van der Waals surface area (Å²) >= 11 is 0. The van der Waals surface area contributed by atoms with Crippen LogP contribution in [0.1, 0.15) is 33.6 Å². The third kappa shape index (κ3) is 7.38. The van der Waals surface area contributed by atoms with Crippen LogP contribution in [0.3, 0.4) is 0 Å². The van der Waals surface area contributed by atoms with E-state index in [0.717, 1.165) is 6.42 Å². The molecule has 0 amide bonds. The van der Waals surface area contributed by atoms with Gasteiger partial charge in [0.2, 0.25) is 0 Å². The number of aliphatic hydroxyl groups is 2. The first-order valence-electron chi connectivity index (χ1n) is 3.89. The second-order valence-electron chi connectivity index (χ2n) is 3.13. The quantitative estimate of drug-likeness (QED) is 0.584. The molecule has 0 saturated carbocycles. The lowest BCUT2D eigenvalue weighted by atomic mass is 10.1. The van der Waals surface area contributed by atoms with E-state index in [-0.39, 0.29) is 0 Å². The van der Waals surface area contributed by atoms with Gasteiger partial charge in [-0.2, -0.15) is 0 Å². The predicted molar refractivity (Wildman–Crippen MR) is 45.0 cm³/mol. The van der Waals surface area contributed by atoms with Gasteiger partial charge in [0.15, 0.2) is 0 Å². The van der Waals surface area contributed by atoms with E-state index in [2.05, 4.69) is 11.8 Å². The maximum atomic E-state index is 9.15. The molecule has 0 aromatic rings. The Morgan fingerprint density at radius 2 is 2.00 bits per heavy atom. The van der Waals surface area contributed by atoms with Gasteiger partial charge in [0.05, 0.1) is 0 Å². The highest BCUT2D eigenvalue weighted by atomic mass is 16.3. The van der Waals surface area contributed by atoms with Crippen LogP contribution in [0.25, 0.3) is 0 Å². The zero-order chi connectivity index (χ0) is 8.91. The molecule has 0 saturated heterocycles. The minimum absolute atomic E-state index is 0.591. The first-order chi connectivity index (χ1) is 4.95. The summed E-state index contributed by atoms with van der Waals surface area (Å²) in [5.74, 6) is 5.14.